The number of benzene rings is 1. The summed E-state index contributed by atoms with van der Waals surface area (Å²) < 4.78 is 6.50. The van der Waals surface area contributed by atoms with Gasteiger partial charge in [0, 0.05) is 4.47 Å². The van der Waals surface area contributed by atoms with E-state index in [1.165, 1.54) is 0 Å². The second-order valence-electron chi connectivity index (χ2n) is 4.01. The lowest BCUT2D eigenvalue weighted by Gasteiger charge is -2.18. The van der Waals surface area contributed by atoms with Crippen molar-refractivity contribution in [1.29, 1.82) is 0 Å². The van der Waals surface area contributed by atoms with Crippen LogP contribution in [0.2, 0.25) is 0 Å². The van der Waals surface area contributed by atoms with Crippen molar-refractivity contribution in [3.05, 3.63) is 28.2 Å². The zero-order chi connectivity index (χ0) is 10.8. The average Bonchev–Trinajstić information content (AvgIpc) is 2.06. The Morgan fingerprint density at radius 1 is 1.43 bits per heavy atom. The van der Waals surface area contributed by atoms with Crippen LogP contribution in [0.3, 0.4) is 0 Å². The third kappa shape index (κ3) is 3.68. The molecule has 0 radical (unpaired) electrons. The molecule has 0 bridgehead atoms. The normalized spacial score (nSPS) is 11.5. The van der Waals surface area contributed by atoms with Crippen LogP contribution >= 0.6 is 15.9 Å². The van der Waals surface area contributed by atoms with E-state index >= 15 is 0 Å². The number of aliphatic hydroxyl groups is 1. The maximum absolute atomic E-state index is 9.47. The smallest absolute Gasteiger partial charge is 0.119 e. The molecule has 78 valence electrons. The van der Waals surface area contributed by atoms with Gasteiger partial charge in [0.1, 0.15) is 12.4 Å². The minimum Gasteiger partial charge on any atom is -0.491 e. The van der Waals surface area contributed by atoms with Gasteiger partial charge >= 0.3 is 0 Å². The summed E-state index contributed by atoms with van der Waals surface area (Å²) in [6, 6.07) is 5.76. The number of hydrogen-bond donors (Lipinski definition) is 1. The van der Waals surface area contributed by atoms with E-state index in [-0.39, 0.29) is 0 Å². The number of aryl methyl sites for hydroxylation is 1. The fourth-order valence-corrected chi connectivity index (χ4v) is 1.21. The van der Waals surface area contributed by atoms with Crippen LogP contribution in [0.1, 0.15) is 19.4 Å². The lowest BCUT2D eigenvalue weighted by molar-refractivity contribution is 0.0284. The largest absolute Gasteiger partial charge is 0.491 e. The van der Waals surface area contributed by atoms with Crippen LogP contribution in [0.5, 0.6) is 5.75 Å². The predicted molar refractivity (Wildman–Crippen MR) is 60.7 cm³/mol. The summed E-state index contributed by atoms with van der Waals surface area (Å²) in [5.41, 5.74) is 0.333. The Morgan fingerprint density at radius 2 is 2.07 bits per heavy atom. The topological polar surface area (TPSA) is 29.5 Å². The third-order valence-electron chi connectivity index (χ3n) is 1.72. The molecule has 0 unspecified atom stereocenters. The van der Waals surface area contributed by atoms with Crippen molar-refractivity contribution in [1.82, 2.24) is 0 Å². The van der Waals surface area contributed by atoms with E-state index in [9.17, 15) is 5.11 Å². The number of ether oxygens (including phenoxy) is 1. The second-order valence-corrected chi connectivity index (χ2v) is 4.87. The van der Waals surface area contributed by atoms with Gasteiger partial charge in [0.25, 0.3) is 0 Å². The zero-order valence-corrected chi connectivity index (χ0v) is 10.3. The summed E-state index contributed by atoms with van der Waals surface area (Å²) in [6.07, 6.45) is 0. The van der Waals surface area contributed by atoms with Gasteiger partial charge in [-0.1, -0.05) is 15.9 Å². The van der Waals surface area contributed by atoms with Crippen molar-refractivity contribution < 1.29 is 9.84 Å². The molecule has 0 saturated carbocycles. The van der Waals surface area contributed by atoms with E-state index in [1.54, 1.807) is 13.8 Å². The first-order valence-electron chi connectivity index (χ1n) is 4.50. The highest BCUT2D eigenvalue weighted by molar-refractivity contribution is 9.10. The van der Waals surface area contributed by atoms with Gasteiger partial charge in [-0.25, -0.2) is 0 Å². The highest BCUT2D eigenvalue weighted by atomic mass is 79.9. The lowest BCUT2D eigenvalue weighted by atomic mass is 10.2. The Bertz CT molecular complexity index is 316. The Labute approximate surface area is 93.0 Å². The molecule has 0 fully saturated rings. The molecule has 0 atom stereocenters. The Balaban J connectivity index is 2.65. The van der Waals surface area contributed by atoms with Crippen LogP contribution in [-0.4, -0.2) is 17.3 Å². The first-order valence-corrected chi connectivity index (χ1v) is 5.29. The Hall–Kier alpha value is -0.540. The number of rotatable bonds is 3. The molecule has 1 aromatic carbocycles. The predicted octanol–water partition coefficient (Wildman–Crippen LogP) is 2.91. The van der Waals surface area contributed by atoms with Crippen LogP contribution in [0.15, 0.2) is 22.7 Å². The molecule has 0 spiro atoms. The van der Waals surface area contributed by atoms with Crippen molar-refractivity contribution in [2.75, 3.05) is 6.61 Å². The van der Waals surface area contributed by atoms with Gasteiger partial charge in [-0.05, 0) is 44.5 Å². The summed E-state index contributed by atoms with van der Waals surface area (Å²) in [7, 11) is 0. The Morgan fingerprint density at radius 3 is 2.57 bits per heavy atom. The van der Waals surface area contributed by atoms with Crippen LogP contribution in [-0.2, 0) is 0 Å². The fraction of sp³-hybridized carbons (Fsp3) is 0.455. The SMILES string of the molecule is Cc1cc(OCC(C)(C)O)ccc1Br. The van der Waals surface area contributed by atoms with Crippen molar-refractivity contribution >= 4 is 15.9 Å². The fourth-order valence-electron chi connectivity index (χ4n) is 0.967. The molecule has 0 heterocycles. The van der Waals surface area contributed by atoms with Crippen LogP contribution in [0.4, 0.5) is 0 Å². The molecule has 0 amide bonds. The van der Waals surface area contributed by atoms with Crippen molar-refractivity contribution in [3.63, 3.8) is 0 Å². The van der Waals surface area contributed by atoms with E-state index in [2.05, 4.69) is 15.9 Å². The van der Waals surface area contributed by atoms with Gasteiger partial charge in [0.15, 0.2) is 0 Å². The molecule has 1 N–H and O–H groups in total. The highest BCUT2D eigenvalue weighted by Gasteiger charge is 2.13. The molecule has 0 aliphatic rings. The molecule has 2 nitrogen and oxygen atoms in total. The minimum atomic E-state index is -0.791. The van der Waals surface area contributed by atoms with Gasteiger partial charge < -0.3 is 9.84 Å². The van der Waals surface area contributed by atoms with Crippen molar-refractivity contribution in [2.24, 2.45) is 0 Å². The lowest BCUT2D eigenvalue weighted by Crippen LogP contribution is -2.27. The standard InChI is InChI=1S/C11H15BrO2/c1-8-6-9(4-5-10(8)12)14-7-11(2,3)13/h4-6,13H,7H2,1-3H3. The van der Waals surface area contributed by atoms with E-state index in [0.717, 1.165) is 15.8 Å². The van der Waals surface area contributed by atoms with Gasteiger partial charge in [-0.2, -0.15) is 0 Å². The highest BCUT2D eigenvalue weighted by Crippen LogP contribution is 2.22. The van der Waals surface area contributed by atoms with Gasteiger partial charge in [-0.15, -0.1) is 0 Å². The molecule has 0 aliphatic heterocycles. The first-order chi connectivity index (χ1) is 6.38. The van der Waals surface area contributed by atoms with Crippen LogP contribution in [0.25, 0.3) is 0 Å². The molecule has 0 aliphatic carbocycles. The van der Waals surface area contributed by atoms with Crippen LogP contribution in [0, 0.1) is 6.92 Å². The average molecular weight is 259 g/mol. The van der Waals surface area contributed by atoms with Crippen LogP contribution < -0.4 is 4.74 Å². The first kappa shape index (κ1) is 11.5. The van der Waals surface area contributed by atoms with Gasteiger partial charge in [0.05, 0.1) is 5.60 Å². The molecule has 3 heteroatoms. The van der Waals surface area contributed by atoms with Crippen molar-refractivity contribution in [2.45, 2.75) is 26.4 Å². The quantitative estimate of drug-likeness (QED) is 0.904. The molecule has 0 saturated heterocycles. The monoisotopic (exact) mass is 258 g/mol. The van der Waals surface area contributed by atoms with Gasteiger partial charge in [0.2, 0.25) is 0 Å². The molecule has 14 heavy (non-hydrogen) atoms. The van der Waals surface area contributed by atoms with E-state index in [0.29, 0.717) is 6.61 Å². The van der Waals surface area contributed by atoms with Crippen molar-refractivity contribution in [3.8, 4) is 5.75 Å². The van der Waals surface area contributed by atoms with E-state index in [4.69, 9.17) is 4.74 Å². The maximum Gasteiger partial charge on any atom is 0.119 e. The summed E-state index contributed by atoms with van der Waals surface area (Å²) in [6.45, 7) is 5.74. The third-order valence-corrected chi connectivity index (χ3v) is 2.61. The Kier molecular flexibility index (Phi) is 3.56. The summed E-state index contributed by atoms with van der Waals surface area (Å²) >= 11 is 3.42. The zero-order valence-electron chi connectivity index (χ0n) is 8.67. The molecular formula is C11H15BrO2. The number of halogens is 1. The minimum absolute atomic E-state index is 0.300. The maximum atomic E-state index is 9.47. The summed E-state index contributed by atoms with van der Waals surface area (Å²) in [5, 5.41) is 9.47. The number of hydrogen-bond acceptors (Lipinski definition) is 2. The van der Waals surface area contributed by atoms with Gasteiger partial charge in [-0.3, -0.25) is 0 Å². The second kappa shape index (κ2) is 4.32. The molecule has 1 aromatic rings. The van der Waals surface area contributed by atoms with E-state index < -0.39 is 5.60 Å². The molecular weight excluding hydrogens is 244 g/mol. The molecule has 1 rings (SSSR count). The summed E-state index contributed by atoms with van der Waals surface area (Å²) in [4.78, 5) is 0. The molecule has 0 aromatic heterocycles. The summed E-state index contributed by atoms with van der Waals surface area (Å²) in [5.74, 6) is 0.785. The van der Waals surface area contributed by atoms with E-state index in [1.807, 2.05) is 25.1 Å².